The van der Waals surface area contributed by atoms with Crippen molar-refractivity contribution in [2.24, 2.45) is 11.7 Å². The van der Waals surface area contributed by atoms with Crippen LogP contribution < -0.4 is 5.73 Å². The van der Waals surface area contributed by atoms with Crippen molar-refractivity contribution in [1.82, 2.24) is 0 Å². The monoisotopic (exact) mass is 185 g/mol. The quantitative estimate of drug-likeness (QED) is 0.525. The molecule has 0 unspecified atom stereocenters. The van der Waals surface area contributed by atoms with Gasteiger partial charge in [-0.2, -0.15) is 0 Å². The summed E-state index contributed by atoms with van der Waals surface area (Å²) in [6.07, 6.45) is 3.13. The van der Waals surface area contributed by atoms with Gasteiger partial charge in [0.25, 0.3) is 0 Å². The molecule has 0 spiro atoms. The summed E-state index contributed by atoms with van der Waals surface area (Å²) in [6, 6.07) is 0. The Kier molecular flexibility index (Phi) is 6.02. The molecule has 0 saturated carbocycles. The van der Waals surface area contributed by atoms with Gasteiger partial charge in [-0.05, 0) is 25.7 Å². The van der Waals surface area contributed by atoms with Crippen LogP contribution >= 0.6 is 0 Å². The number of hydrogen-bond acceptors (Lipinski definition) is 3. The molecule has 13 heavy (non-hydrogen) atoms. The molecular weight excluding hydrogens is 166 g/mol. The molecule has 2 N–H and O–H groups in total. The average molecular weight is 185 g/mol. The van der Waals surface area contributed by atoms with E-state index in [0.717, 1.165) is 12.8 Å². The third kappa shape index (κ3) is 7.37. The van der Waals surface area contributed by atoms with Gasteiger partial charge in [0.15, 0.2) is 0 Å². The van der Waals surface area contributed by atoms with Gasteiger partial charge in [-0.25, -0.2) is 4.79 Å². The molecule has 0 saturated heterocycles. The maximum atomic E-state index is 10.9. The van der Waals surface area contributed by atoms with Crippen LogP contribution in [0.1, 0.15) is 33.6 Å². The summed E-state index contributed by atoms with van der Waals surface area (Å²) in [4.78, 5) is 10.9. The molecule has 0 rings (SSSR count). The van der Waals surface area contributed by atoms with E-state index >= 15 is 0 Å². The summed E-state index contributed by atoms with van der Waals surface area (Å²) in [5, 5.41) is 0. The molecule has 3 heteroatoms. The zero-order valence-electron chi connectivity index (χ0n) is 8.67. The molecule has 0 atom stereocenters. The molecule has 0 bridgehead atoms. The van der Waals surface area contributed by atoms with Crippen molar-refractivity contribution in [3.63, 3.8) is 0 Å². The van der Waals surface area contributed by atoms with Gasteiger partial charge in [0.1, 0.15) is 0 Å². The van der Waals surface area contributed by atoms with Gasteiger partial charge >= 0.3 is 5.97 Å². The summed E-state index contributed by atoms with van der Waals surface area (Å²) in [7, 11) is 0. The van der Waals surface area contributed by atoms with Gasteiger partial charge in [0.05, 0.1) is 6.61 Å². The summed E-state index contributed by atoms with van der Waals surface area (Å²) >= 11 is 0. The van der Waals surface area contributed by atoms with Crippen molar-refractivity contribution in [3.8, 4) is 0 Å². The van der Waals surface area contributed by atoms with E-state index in [0.29, 0.717) is 18.2 Å². The highest BCUT2D eigenvalue weighted by molar-refractivity contribution is 5.82. The van der Waals surface area contributed by atoms with Crippen LogP contribution in [-0.2, 0) is 9.53 Å². The third-order valence-electron chi connectivity index (χ3n) is 1.60. The van der Waals surface area contributed by atoms with Crippen molar-refractivity contribution in [2.45, 2.75) is 33.6 Å². The highest BCUT2D eigenvalue weighted by Gasteiger charge is 2.00. The minimum absolute atomic E-state index is 0.344. The smallest absolute Gasteiger partial charge is 0.332 e. The molecule has 0 aliphatic rings. The highest BCUT2D eigenvalue weighted by atomic mass is 16.5. The molecule has 0 aliphatic carbocycles. The zero-order valence-corrected chi connectivity index (χ0v) is 8.67. The van der Waals surface area contributed by atoms with Gasteiger partial charge in [-0.1, -0.05) is 13.8 Å². The number of carbonyl (C=O) groups is 1. The van der Waals surface area contributed by atoms with Crippen LogP contribution in [0.5, 0.6) is 0 Å². The lowest BCUT2D eigenvalue weighted by Crippen LogP contribution is -2.06. The highest BCUT2D eigenvalue weighted by Crippen LogP contribution is 2.07. The van der Waals surface area contributed by atoms with Gasteiger partial charge in [0, 0.05) is 11.8 Å². The molecular formula is C10H19NO2. The number of carbonyl (C=O) groups excluding carboxylic acids is 1. The Morgan fingerprint density at radius 3 is 2.62 bits per heavy atom. The first-order valence-corrected chi connectivity index (χ1v) is 4.69. The van der Waals surface area contributed by atoms with Crippen molar-refractivity contribution in [1.29, 1.82) is 0 Å². The summed E-state index contributed by atoms with van der Waals surface area (Å²) in [5.41, 5.74) is 6.22. The maximum Gasteiger partial charge on any atom is 0.332 e. The summed E-state index contributed by atoms with van der Waals surface area (Å²) < 4.78 is 4.72. The Morgan fingerprint density at radius 1 is 1.54 bits per heavy atom. The predicted molar refractivity (Wildman–Crippen MR) is 53.0 cm³/mol. The molecule has 0 fully saturated rings. The molecule has 0 radical (unpaired) electrons. The fourth-order valence-electron chi connectivity index (χ4n) is 0.863. The van der Waals surface area contributed by atoms with Crippen LogP contribution in [0.4, 0.5) is 0 Å². The topological polar surface area (TPSA) is 52.3 Å². The summed E-state index contributed by atoms with van der Waals surface area (Å²) in [6.45, 7) is 6.41. The Hall–Kier alpha value is -0.990. The van der Waals surface area contributed by atoms with E-state index in [-0.39, 0.29) is 5.97 Å². The lowest BCUT2D eigenvalue weighted by atomic mass is 10.1. The van der Waals surface area contributed by atoms with Gasteiger partial charge in [-0.15, -0.1) is 0 Å². The minimum atomic E-state index is -0.344. The van der Waals surface area contributed by atoms with Gasteiger partial charge in [0.2, 0.25) is 0 Å². The molecule has 0 aromatic carbocycles. The third-order valence-corrected chi connectivity index (χ3v) is 1.60. The Labute approximate surface area is 79.9 Å². The number of esters is 1. The molecule has 0 amide bonds. The van der Waals surface area contributed by atoms with Crippen LogP contribution in [0.3, 0.4) is 0 Å². The second kappa shape index (κ2) is 6.52. The fraction of sp³-hybridized carbons (Fsp3) is 0.700. The number of nitrogens with two attached hydrogens (primary N) is 1. The van der Waals surface area contributed by atoms with Crippen molar-refractivity contribution >= 4 is 5.97 Å². The van der Waals surface area contributed by atoms with Crippen molar-refractivity contribution in [3.05, 3.63) is 11.8 Å². The first-order chi connectivity index (χ1) is 6.06. The Morgan fingerprint density at radius 2 is 2.15 bits per heavy atom. The Balaban J connectivity index is 3.80. The second-order valence-electron chi connectivity index (χ2n) is 3.40. The largest absolute Gasteiger partial charge is 0.463 e. The van der Waals surface area contributed by atoms with Crippen LogP contribution in [0.2, 0.25) is 0 Å². The molecule has 0 aromatic rings. The first kappa shape index (κ1) is 12.0. The van der Waals surface area contributed by atoms with Crippen LogP contribution in [-0.4, -0.2) is 12.6 Å². The Bertz CT molecular complexity index is 185. The normalized spacial score (nSPS) is 11.8. The standard InChI is InChI=1S/C10H19NO2/c1-4-13-10(12)7-9(11)6-5-8(2)3/h7-8H,4-6,11H2,1-3H3/b9-7-. The van der Waals surface area contributed by atoms with E-state index in [2.05, 4.69) is 13.8 Å². The van der Waals surface area contributed by atoms with Crippen molar-refractivity contribution in [2.75, 3.05) is 6.61 Å². The second-order valence-corrected chi connectivity index (χ2v) is 3.40. The molecule has 0 heterocycles. The van der Waals surface area contributed by atoms with Crippen LogP contribution in [0, 0.1) is 5.92 Å². The lowest BCUT2D eigenvalue weighted by Gasteiger charge is -2.04. The van der Waals surface area contributed by atoms with Crippen LogP contribution in [0.15, 0.2) is 11.8 Å². The van der Waals surface area contributed by atoms with Crippen LogP contribution in [0.25, 0.3) is 0 Å². The molecule has 76 valence electrons. The number of rotatable bonds is 5. The van der Waals surface area contributed by atoms with E-state index in [9.17, 15) is 4.79 Å². The van der Waals surface area contributed by atoms with E-state index < -0.39 is 0 Å². The number of ether oxygens (including phenoxy) is 1. The summed E-state index contributed by atoms with van der Waals surface area (Å²) in [5.74, 6) is 0.262. The predicted octanol–water partition coefficient (Wildman–Crippen LogP) is 1.83. The number of allylic oxidation sites excluding steroid dienone is 1. The van der Waals surface area contributed by atoms with E-state index in [4.69, 9.17) is 10.5 Å². The molecule has 0 aromatic heterocycles. The van der Waals surface area contributed by atoms with E-state index in [1.165, 1.54) is 6.08 Å². The number of hydrogen-bond donors (Lipinski definition) is 1. The maximum absolute atomic E-state index is 10.9. The lowest BCUT2D eigenvalue weighted by molar-refractivity contribution is -0.137. The van der Waals surface area contributed by atoms with Gasteiger partial charge in [-0.3, -0.25) is 0 Å². The van der Waals surface area contributed by atoms with E-state index in [1.54, 1.807) is 6.92 Å². The fourth-order valence-corrected chi connectivity index (χ4v) is 0.863. The van der Waals surface area contributed by atoms with Gasteiger partial charge < -0.3 is 10.5 Å². The zero-order chi connectivity index (χ0) is 10.3. The average Bonchev–Trinajstić information content (AvgIpc) is 2.01. The molecule has 3 nitrogen and oxygen atoms in total. The first-order valence-electron chi connectivity index (χ1n) is 4.69. The minimum Gasteiger partial charge on any atom is -0.463 e. The SMILES string of the molecule is CCOC(=O)/C=C(\N)CCC(C)C. The van der Waals surface area contributed by atoms with E-state index in [1.807, 2.05) is 0 Å². The molecule has 0 aliphatic heterocycles. The van der Waals surface area contributed by atoms with Crippen molar-refractivity contribution < 1.29 is 9.53 Å².